The van der Waals surface area contributed by atoms with Crippen LogP contribution in [0.25, 0.3) is 44.6 Å². The van der Waals surface area contributed by atoms with E-state index in [9.17, 15) is 0 Å². The molecular formula is C47H39IrN3OSi-2. The number of fused-ring (bicyclic) bond motifs is 4. The van der Waals surface area contributed by atoms with Crippen molar-refractivity contribution in [1.29, 1.82) is 0 Å². The van der Waals surface area contributed by atoms with E-state index < -0.39 is 8.07 Å². The molecular weight excluding hydrogens is 843 g/mol. The molecule has 263 valence electrons. The maximum absolute atomic E-state index is 6.76. The summed E-state index contributed by atoms with van der Waals surface area (Å²) in [7, 11) is -2.14. The van der Waals surface area contributed by atoms with Gasteiger partial charge in [-0.1, -0.05) is 109 Å². The fourth-order valence-corrected chi connectivity index (χ4v) is 10.3. The second kappa shape index (κ2) is 14.9. The number of benzene rings is 5. The number of hydrogen-bond donors (Lipinski definition) is 0. The van der Waals surface area contributed by atoms with E-state index in [0.717, 1.165) is 50.6 Å². The molecule has 0 bridgehead atoms. The van der Waals surface area contributed by atoms with Crippen LogP contribution in [0.2, 0.25) is 13.1 Å². The van der Waals surface area contributed by atoms with Gasteiger partial charge in [0, 0.05) is 43.9 Å². The molecule has 1 radical (unpaired) electrons. The normalized spacial score (nSPS) is 12.6. The Bertz CT molecular complexity index is 2510. The number of anilines is 3. The summed E-state index contributed by atoms with van der Waals surface area (Å²) in [6.45, 7) is 11.1. The summed E-state index contributed by atoms with van der Waals surface area (Å²) < 4.78 is 6.76. The van der Waals surface area contributed by atoms with E-state index >= 15 is 0 Å². The molecule has 0 amide bonds. The summed E-state index contributed by atoms with van der Waals surface area (Å²) >= 11 is 0. The Balaban J connectivity index is 0.000000245. The van der Waals surface area contributed by atoms with Gasteiger partial charge >= 0.3 is 0 Å². The third kappa shape index (κ3) is 6.82. The summed E-state index contributed by atoms with van der Waals surface area (Å²) in [6.07, 6.45) is 3.83. The van der Waals surface area contributed by atoms with E-state index in [0.29, 0.717) is 0 Å². The number of aryl methyl sites for hydroxylation is 3. The number of aromatic nitrogens is 2. The minimum absolute atomic E-state index is 0. The molecule has 0 unspecified atom stereocenters. The summed E-state index contributed by atoms with van der Waals surface area (Å²) in [5, 5.41) is 3.83. The van der Waals surface area contributed by atoms with Crippen LogP contribution in [0.3, 0.4) is 0 Å². The van der Waals surface area contributed by atoms with Crippen molar-refractivity contribution in [2.75, 3.05) is 4.90 Å². The van der Waals surface area contributed by atoms with E-state index in [-0.39, 0.29) is 20.1 Å². The van der Waals surface area contributed by atoms with Crippen molar-refractivity contribution in [2.24, 2.45) is 0 Å². The zero-order chi connectivity index (χ0) is 35.8. The first-order valence-corrected chi connectivity index (χ1v) is 20.7. The van der Waals surface area contributed by atoms with Gasteiger partial charge in [-0.05, 0) is 83.0 Å². The van der Waals surface area contributed by atoms with Gasteiger partial charge in [0.1, 0.15) is 8.07 Å². The van der Waals surface area contributed by atoms with Crippen molar-refractivity contribution in [1.82, 2.24) is 9.97 Å². The molecule has 0 atom stereocenters. The van der Waals surface area contributed by atoms with Crippen LogP contribution in [0, 0.1) is 32.9 Å². The Morgan fingerprint density at radius 1 is 0.642 bits per heavy atom. The van der Waals surface area contributed by atoms with E-state index in [1.54, 1.807) is 0 Å². The second-order valence-electron chi connectivity index (χ2n) is 13.9. The monoisotopic (exact) mass is 882 g/mol. The van der Waals surface area contributed by atoms with E-state index in [4.69, 9.17) is 9.40 Å². The van der Waals surface area contributed by atoms with Crippen LogP contribution in [0.5, 0.6) is 0 Å². The maximum atomic E-state index is 6.76. The molecule has 8 aromatic rings. The molecule has 6 heteroatoms. The van der Waals surface area contributed by atoms with Crippen molar-refractivity contribution in [3.8, 4) is 33.6 Å². The quantitative estimate of drug-likeness (QED) is 0.130. The first-order chi connectivity index (χ1) is 25.3. The first kappa shape index (κ1) is 36.0. The van der Waals surface area contributed by atoms with Crippen LogP contribution < -0.4 is 15.3 Å². The van der Waals surface area contributed by atoms with Crippen molar-refractivity contribution in [3.05, 3.63) is 175 Å². The minimum atomic E-state index is -2.14. The summed E-state index contributed by atoms with van der Waals surface area (Å²) in [5.41, 5.74) is 13.2. The fourth-order valence-electron chi connectivity index (χ4n) is 7.09. The van der Waals surface area contributed by atoms with Crippen LogP contribution in [-0.4, -0.2) is 18.0 Å². The van der Waals surface area contributed by atoms with Gasteiger partial charge in [-0.3, -0.25) is 4.90 Å². The molecule has 9 rings (SSSR count). The molecule has 0 spiro atoms. The molecule has 4 heterocycles. The van der Waals surface area contributed by atoms with Gasteiger partial charge in [0.25, 0.3) is 0 Å². The summed E-state index contributed by atoms with van der Waals surface area (Å²) in [6, 6.07) is 53.0. The molecule has 53 heavy (non-hydrogen) atoms. The Hall–Kier alpha value is -5.39. The molecule has 3 aromatic heterocycles. The number of hydrogen-bond acceptors (Lipinski definition) is 4. The Morgan fingerprint density at radius 2 is 1.36 bits per heavy atom. The Kier molecular flexibility index (Phi) is 10.1. The Morgan fingerprint density at radius 3 is 2.08 bits per heavy atom. The van der Waals surface area contributed by atoms with Crippen molar-refractivity contribution < 1.29 is 24.5 Å². The van der Waals surface area contributed by atoms with Gasteiger partial charge in [0.05, 0.1) is 5.58 Å². The average molecular weight is 882 g/mol. The van der Waals surface area contributed by atoms with Crippen molar-refractivity contribution >= 4 is 46.7 Å². The van der Waals surface area contributed by atoms with Crippen molar-refractivity contribution in [2.45, 2.75) is 33.9 Å². The molecule has 1 aliphatic heterocycles. The third-order valence-corrected chi connectivity index (χ3v) is 13.5. The summed E-state index contributed by atoms with van der Waals surface area (Å²) in [5.74, 6) is 0.913. The van der Waals surface area contributed by atoms with Gasteiger partial charge in [-0.2, -0.15) is 0 Å². The molecule has 1 aliphatic rings. The van der Waals surface area contributed by atoms with E-state index in [2.05, 4.69) is 153 Å². The van der Waals surface area contributed by atoms with Gasteiger partial charge < -0.3 is 14.4 Å². The Labute approximate surface area is 326 Å². The second-order valence-corrected chi connectivity index (χ2v) is 18.2. The largest absolute Gasteiger partial charge is 0.460 e. The van der Waals surface area contributed by atoms with Gasteiger partial charge in [0.2, 0.25) is 0 Å². The minimum Gasteiger partial charge on any atom is -0.460 e. The number of nitrogens with zero attached hydrogens (tertiary/aromatic N) is 3. The maximum Gasteiger partial charge on any atom is 0.193 e. The van der Waals surface area contributed by atoms with Crippen LogP contribution in [-0.2, 0) is 20.1 Å². The number of rotatable bonds is 4. The molecule has 0 fully saturated rings. The first-order valence-electron chi connectivity index (χ1n) is 17.7. The zero-order valence-corrected chi connectivity index (χ0v) is 33.8. The van der Waals surface area contributed by atoms with Crippen LogP contribution in [0.15, 0.2) is 150 Å². The predicted octanol–water partition coefficient (Wildman–Crippen LogP) is 11.0. The standard InChI is InChI=1S/C34H27N2OSi.C13H12N.Ir/c1-23-16-21-28(35-22-23)27-12-9-14-30-32(27)33-34(37-30)36(29-13-7-8-15-31(29)38(33,2)3)26-19-17-25(18-20-26)24-10-5-4-6-11-24;1-10-8-13(14-9-11(10)2)12-6-4-3-5-7-12;/h4-11,13-22H,1-3H3;3-6,8-9H,1-2H3;/q2*-1;. The summed E-state index contributed by atoms with van der Waals surface area (Å²) in [4.78, 5) is 11.4. The molecule has 0 N–H and O–H groups in total. The van der Waals surface area contributed by atoms with Crippen LogP contribution in [0.1, 0.15) is 16.7 Å². The molecule has 4 nitrogen and oxygen atoms in total. The average Bonchev–Trinajstić information content (AvgIpc) is 3.58. The third-order valence-electron chi connectivity index (χ3n) is 10.0. The molecule has 5 aromatic carbocycles. The molecule has 0 saturated heterocycles. The van der Waals surface area contributed by atoms with Gasteiger partial charge in [-0.15, -0.1) is 53.6 Å². The van der Waals surface area contributed by atoms with Crippen molar-refractivity contribution in [3.63, 3.8) is 0 Å². The van der Waals surface area contributed by atoms with Gasteiger partial charge in [-0.25, -0.2) is 0 Å². The number of furan rings is 1. The van der Waals surface area contributed by atoms with Gasteiger partial charge in [0.15, 0.2) is 5.88 Å². The van der Waals surface area contributed by atoms with Crippen LogP contribution >= 0.6 is 0 Å². The SMILES string of the molecule is Cc1ccc(-c2[c-]ccc3oc4c(c23)[Si](C)(C)c2ccccc2N4c2ccc(-c3ccccc3)cc2)nc1.Cc1cnc(-c2[c-]cccc2)cc1C.[Ir]. The van der Waals surface area contributed by atoms with E-state index in [1.807, 2.05) is 48.8 Å². The molecule has 0 saturated carbocycles. The topological polar surface area (TPSA) is 42.2 Å². The van der Waals surface area contributed by atoms with Crippen LogP contribution in [0.4, 0.5) is 17.3 Å². The zero-order valence-electron chi connectivity index (χ0n) is 30.4. The number of pyridine rings is 2. The fraction of sp³-hybridized carbons (Fsp3) is 0.106. The smallest absolute Gasteiger partial charge is 0.193 e. The number of para-hydroxylation sites is 1. The molecule has 0 aliphatic carbocycles. The van der Waals surface area contributed by atoms with E-state index in [1.165, 1.54) is 38.3 Å². The predicted molar refractivity (Wildman–Crippen MR) is 218 cm³/mol.